The third-order valence-corrected chi connectivity index (χ3v) is 3.09. The lowest BCUT2D eigenvalue weighted by Gasteiger charge is -2.23. The van der Waals surface area contributed by atoms with E-state index < -0.39 is 0 Å². The van der Waals surface area contributed by atoms with Gasteiger partial charge < -0.3 is 4.90 Å². The largest absolute Gasteiger partial charge is 0.364 e. The first-order chi connectivity index (χ1) is 10.3. The fourth-order valence-electron chi connectivity index (χ4n) is 2.13. The summed E-state index contributed by atoms with van der Waals surface area (Å²) in [7, 11) is 0. The molecular weight excluding hydrogens is 256 g/mol. The topological polar surface area (TPSA) is 15.6 Å². The molecule has 0 heterocycles. The van der Waals surface area contributed by atoms with Crippen LogP contribution in [0, 0.1) is 0 Å². The van der Waals surface area contributed by atoms with Crippen molar-refractivity contribution in [2.24, 2.45) is 4.99 Å². The van der Waals surface area contributed by atoms with Crippen LogP contribution in [-0.2, 0) is 0 Å². The minimum atomic E-state index is 0.780. The normalized spacial score (nSPS) is 10.5. The summed E-state index contributed by atoms with van der Waals surface area (Å²) in [6.45, 7) is 9.20. The van der Waals surface area contributed by atoms with Gasteiger partial charge in [-0.25, -0.2) is 0 Å². The fraction of sp³-hybridized carbons (Fsp3) is 0.105. The van der Waals surface area contributed by atoms with Crippen LogP contribution in [0.25, 0.3) is 0 Å². The van der Waals surface area contributed by atoms with E-state index in [1.807, 2.05) is 60.8 Å². The van der Waals surface area contributed by atoms with Crippen LogP contribution in [0.2, 0.25) is 0 Å². The number of nitrogens with zero attached hydrogens (tertiary/aromatic N) is 2. The van der Waals surface area contributed by atoms with Gasteiger partial charge in [0.25, 0.3) is 0 Å². The molecule has 0 aliphatic rings. The van der Waals surface area contributed by atoms with Crippen LogP contribution in [0.4, 0.5) is 11.4 Å². The van der Waals surface area contributed by atoms with Gasteiger partial charge in [0.05, 0.1) is 5.69 Å². The van der Waals surface area contributed by atoms with Crippen molar-refractivity contribution in [1.29, 1.82) is 0 Å². The second-order valence-electron chi connectivity index (χ2n) is 4.63. The van der Waals surface area contributed by atoms with Crippen LogP contribution >= 0.6 is 0 Å². The quantitative estimate of drug-likeness (QED) is 0.532. The number of para-hydroxylation sites is 2. The fourth-order valence-corrected chi connectivity index (χ4v) is 2.13. The molecule has 0 N–H and O–H groups in total. The highest BCUT2D eigenvalue weighted by Crippen LogP contribution is 2.20. The molecule has 2 heteroatoms. The predicted octanol–water partition coefficient (Wildman–Crippen LogP) is 4.62. The Balaban J connectivity index is 2.29. The van der Waals surface area contributed by atoms with E-state index in [1.165, 1.54) is 0 Å². The van der Waals surface area contributed by atoms with Crippen molar-refractivity contribution in [2.45, 2.75) is 0 Å². The Morgan fingerprint density at radius 3 is 2.14 bits per heavy atom. The van der Waals surface area contributed by atoms with Crippen molar-refractivity contribution >= 4 is 17.6 Å². The van der Waals surface area contributed by atoms with Gasteiger partial charge in [0.2, 0.25) is 0 Å². The number of rotatable bonds is 7. The molecule has 0 amide bonds. The SMILES string of the molecule is C=CCN(CC=C)c1ccccc1/C=N\c1ccccc1. The number of aliphatic imine (C=N–C) groups is 1. The summed E-state index contributed by atoms with van der Waals surface area (Å²) in [5.74, 6) is 0. The van der Waals surface area contributed by atoms with Crippen molar-refractivity contribution in [3.05, 3.63) is 85.5 Å². The van der Waals surface area contributed by atoms with Crippen molar-refractivity contribution < 1.29 is 0 Å². The van der Waals surface area contributed by atoms with E-state index in [-0.39, 0.29) is 0 Å². The summed E-state index contributed by atoms with van der Waals surface area (Å²) in [4.78, 5) is 6.75. The smallest absolute Gasteiger partial charge is 0.0629 e. The van der Waals surface area contributed by atoms with Crippen molar-refractivity contribution in [3.8, 4) is 0 Å². The molecular formula is C19H20N2. The molecule has 0 atom stereocenters. The van der Waals surface area contributed by atoms with E-state index in [4.69, 9.17) is 0 Å². The summed E-state index contributed by atoms with van der Waals surface area (Å²) >= 11 is 0. The molecule has 0 aliphatic carbocycles. The Morgan fingerprint density at radius 2 is 1.48 bits per heavy atom. The molecule has 0 saturated heterocycles. The third-order valence-electron chi connectivity index (χ3n) is 3.09. The van der Waals surface area contributed by atoms with Crippen molar-refractivity contribution in [3.63, 3.8) is 0 Å². The maximum absolute atomic E-state index is 4.54. The van der Waals surface area contributed by atoms with Crippen LogP contribution in [0.15, 0.2) is 84.9 Å². The molecule has 0 saturated carbocycles. The Morgan fingerprint density at radius 1 is 0.857 bits per heavy atom. The molecule has 0 spiro atoms. The second kappa shape index (κ2) is 7.85. The summed E-state index contributed by atoms with van der Waals surface area (Å²) in [6, 6.07) is 18.2. The highest BCUT2D eigenvalue weighted by molar-refractivity contribution is 5.89. The third kappa shape index (κ3) is 4.18. The lowest BCUT2D eigenvalue weighted by molar-refractivity contribution is 0.955. The molecule has 0 fully saturated rings. The molecule has 2 nitrogen and oxygen atoms in total. The number of hydrogen-bond donors (Lipinski definition) is 0. The van der Waals surface area contributed by atoms with E-state index in [2.05, 4.69) is 35.2 Å². The molecule has 2 aromatic carbocycles. The zero-order valence-corrected chi connectivity index (χ0v) is 12.2. The number of anilines is 1. The molecule has 106 valence electrons. The van der Waals surface area contributed by atoms with Gasteiger partial charge in [0.15, 0.2) is 0 Å². The van der Waals surface area contributed by atoms with Crippen LogP contribution in [0.1, 0.15) is 5.56 Å². The molecule has 0 aromatic heterocycles. The molecule has 0 radical (unpaired) electrons. The van der Waals surface area contributed by atoms with Gasteiger partial charge in [-0.3, -0.25) is 4.99 Å². The van der Waals surface area contributed by atoms with Gasteiger partial charge in [0, 0.05) is 30.6 Å². The van der Waals surface area contributed by atoms with E-state index >= 15 is 0 Å². The average molecular weight is 276 g/mol. The number of benzene rings is 2. The molecule has 21 heavy (non-hydrogen) atoms. The lowest BCUT2D eigenvalue weighted by atomic mass is 10.1. The summed E-state index contributed by atoms with van der Waals surface area (Å²) in [6.07, 6.45) is 5.70. The van der Waals surface area contributed by atoms with Crippen molar-refractivity contribution in [1.82, 2.24) is 0 Å². The van der Waals surface area contributed by atoms with Gasteiger partial charge in [-0.15, -0.1) is 13.2 Å². The molecule has 2 aromatic rings. The standard InChI is InChI=1S/C19H20N2/c1-3-14-21(15-4-2)19-13-9-8-10-17(19)16-20-18-11-6-5-7-12-18/h3-13,16H,1-2,14-15H2/b20-16-. The Labute approximate surface area is 126 Å². The minimum Gasteiger partial charge on any atom is -0.364 e. The minimum absolute atomic E-state index is 0.780. The molecule has 2 rings (SSSR count). The highest BCUT2D eigenvalue weighted by atomic mass is 15.1. The van der Waals surface area contributed by atoms with Gasteiger partial charge in [-0.1, -0.05) is 48.6 Å². The van der Waals surface area contributed by atoms with Crippen LogP contribution in [-0.4, -0.2) is 19.3 Å². The zero-order valence-electron chi connectivity index (χ0n) is 12.2. The van der Waals surface area contributed by atoms with E-state index in [1.54, 1.807) is 0 Å². The maximum Gasteiger partial charge on any atom is 0.0629 e. The van der Waals surface area contributed by atoms with Crippen LogP contribution in [0.5, 0.6) is 0 Å². The first-order valence-electron chi connectivity index (χ1n) is 7.00. The second-order valence-corrected chi connectivity index (χ2v) is 4.63. The van der Waals surface area contributed by atoms with Crippen LogP contribution < -0.4 is 4.90 Å². The van der Waals surface area contributed by atoms with Crippen LogP contribution in [0.3, 0.4) is 0 Å². The summed E-state index contributed by atoms with van der Waals surface area (Å²) < 4.78 is 0. The first kappa shape index (κ1) is 14.8. The Kier molecular flexibility index (Phi) is 5.53. The first-order valence-corrected chi connectivity index (χ1v) is 7.00. The van der Waals surface area contributed by atoms with Gasteiger partial charge in [-0.05, 0) is 18.2 Å². The van der Waals surface area contributed by atoms with Gasteiger partial charge in [-0.2, -0.15) is 0 Å². The van der Waals surface area contributed by atoms with E-state index in [0.29, 0.717) is 0 Å². The Bertz CT molecular complexity index is 604. The zero-order chi connectivity index (χ0) is 14.9. The van der Waals surface area contributed by atoms with E-state index in [0.717, 1.165) is 30.0 Å². The molecule has 0 aliphatic heterocycles. The lowest BCUT2D eigenvalue weighted by Crippen LogP contribution is -2.24. The molecule has 0 bridgehead atoms. The monoisotopic (exact) mass is 276 g/mol. The predicted molar refractivity (Wildman–Crippen MR) is 92.7 cm³/mol. The average Bonchev–Trinajstić information content (AvgIpc) is 2.54. The Hall–Kier alpha value is -2.61. The summed E-state index contributed by atoms with van der Waals surface area (Å²) in [5.41, 5.74) is 3.17. The van der Waals surface area contributed by atoms with E-state index in [9.17, 15) is 0 Å². The van der Waals surface area contributed by atoms with Gasteiger partial charge >= 0.3 is 0 Å². The van der Waals surface area contributed by atoms with Crippen molar-refractivity contribution in [2.75, 3.05) is 18.0 Å². The summed E-state index contributed by atoms with van der Waals surface area (Å²) in [5, 5.41) is 0. The van der Waals surface area contributed by atoms with Gasteiger partial charge in [0.1, 0.15) is 0 Å². The molecule has 0 unspecified atom stereocenters. The maximum atomic E-state index is 4.54. The number of hydrogen-bond acceptors (Lipinski definition) is 2. The highest BCUT2D eigenvalue weighted by Gasteiger charge is 2.06.